The highest BCUT2D eigenvalue weighted by Crippen LogP contribution is 2.30. The number of likely N-dealkylation sites (N-methyl/N-ethyl adjacent to an activating group) is 1. The van der Waals surface area contributed by atoms with Crippen LogP contribution in [0.3, 0.4) is 0 Å². The number of carbonyl (C=O) groups excluding carboxylic acids is 3. The van der Waals surface area contributed by atoms with Crippen molar-refractivity contribution in [3.05, 3.63) is 70.5 Å². The van der Waals surface area contributed by atoms with E-state index in [9.17, 15) is 14.4 Å². The fraction of sp³-hybridized carbons (Fsp3) is 0.455. The highest BCUT2D eigenvalue weighted by Gasteiger charge is 2.36. The number of hydrogen-bond donors (Lipinski definition) is 2. The first-order chi connectivity index (χ1) is 21.3. The number of fused-ring (bicyclic) bond motifs is 6. The van der Waals surface area contributed by atoms with Crippen molar-refractivity contribution in [2.75, 3.05) is 26.2 Å². The Morgan fingerprint density at radius 3 is 2.82 bits per heavy atom. The van der Waals surface area contributed by atoms with Gasteiger partial charge < -0.3 is 29.3 Å². The number of aromatic nitrogens is 2. The van der Waals surface area contributed by atoms with Crippen LogP contribution >= 0.6 is 0 Å². The lowest BCUT2D eigenvalue weighted by Crippen LogP contribution is -2.58. The summed E-state index contributed by atoms with van der Waals surface area (Å²) in [5.74, 6) is 0.773. The quantitative estimate of drug-likeness (QED) is 0.465. The van der Waals surface area contributed by atoms with E-state index in [1.54, 1.807) is 23.1 Å². The molecule has 0 unspecified atom stereocenters. The number of likely N-dealkylation sites (tertiary alicyclic amines) is 1. The van der Waals surface area contributed by atoms with Crippen LogP contribution in [0.15, 0.2) is 42.5 Å². The molecule has 3 aromatic rings. The molecule has 6 rings (SSSR count). The average molecular weight is 602 g/mol. The van der Waals surface area contributed by atoms with E-state index in [0.717, 1.165) is 36.1 Å². The molecule has 3 heterocycles. The predicted molar refractivity (Wildman–Crippen MR) is 162 cm³/mol. The summed E-state index contributed by atoms with van der Waals surface area (Å²) in [6.07, 6.45) is 2.85. The van der Waals surface area contributed by atoms with Gasteiger partial charge in [0.05, 0.1) is 31.4 Å². The van der Waals surface area contributed by atoms with E-state index in [4.69, 9.17) is 14.2 Å². The van der Waals surface area contributed by atoms with Crippen LogP contribution in [0.25, 0.3) is 0 Å². The van der Waals surface area contributed by atoms with Crippen LogP contribution in [0.1, 0.15) is 71.3 Å². The van der Waals surface area contributed by atoms with Crippen molar-refractivity contribution in [3.63, 3.8) is 0 Å². The van der Waals surface area contributed by atoms with Crippen molar-refractivity contribution >= 4 is 17.7 Å². The molecule has 1 fully saturated rings. The molecule has 11 heteroatoms. The molecule has 2 N–H and O–H groups in total. The van der Waals surface area contributed by atoms with Crippen molar-refractivity contribution in [1.29, 1.82) is 0 Å². The van der Waals surface area contributed by atoms with Crippen molar-refractivity contribution in [2.45, 2.75) is 71.3 Å². The first kappa shape index (κ1) is 29.7. The van der Waals surface area contributed by atoms with E-state index in [-0.39, 0.29) is 43.0 Å². The molecule has 0 saturated carbocycles. The Labute approximate surface area is 256 Å². The Kier molecular flexibility index (Phi) is 8.56. The average Bonchev–Trinajstić information content (AvgIpc) is 3.62. The summed E-state index contributed by atoms with van der Waals surface area (Å²) >= 11 is 0. The molecule has 1 aliphatic carbocycles. The maximum absolute atomic E-state index is 13.7. The minimum atomic E-state index is -0.470. The molecule has 232 valence electrons. The van der Waals surface area contributed by atoms with Crippen molar-refractivity contribution in [1.82, 2.24) is 25.3 Å². The van der Waals surface area contributed by atoms with Crippen LogP contribution in [0.4, 0.5) is 0 Å². The maximum atomic E-state index is 13.7. The third-order valence-corrected chi connectivity index (χ3v) is 8.29. The van der Waals surface area contributed by atoms with Gasteiger partial charge in [-0.15, -0.1) is 0 Å². The molecule has 3 aliphatic rings. The number of piperidine rings is 1. The van der Waals surface area contributed by atoms with Gasteiger partial charge in [-0.05, 0) is 76.3 Å². The van der Waals surface area contributed by atoms with E-state index in [0.29, 0.717) is 54.6 Å². The second kappa shape index (κ2) is 12.7. The van der Waals surface area contributed by atoms with E-state index >= 15 is 0 Å². The molecule has 2 aromatic carbocycles. The molecule has 2 aliphatic heterocycles. The fourth-order valence-electron chi connectivity index (χ4n) is 6.17. The zero-order valence-electron chi connectivity index (χ0n) is 25.4. The minimum absolute atomic E-state index is 0.108. The van der Waals surface area contributed by atoms with Crippen LogP contribution in [0.5, 0.6) is 17.2 Å². The van der Waals surface area contributed by atoms with Gasteiger partial charge in [-0.2, -0.15) is 5.10 Å². The van der Waals surface area contributed by atoms with Crippen molar-refractivity contribution < 1.29 is 28.6 Å². The maximum Gasteiger partial charge on any atom is 0.274 e. The second-order valence-electron chi connectivity index (χ2n) is 11.9. The standard InChI is InChI=1S/C33H39N5O6/c1-4-37-18-30(39)34-28-17-38(33(41)31-26-9-6-10-27(26)35-36-31)12-11-29(28)42-19-21-7-5-8-23(13-21)44-25-15-22(32(37)40)14-24(16-25)43-20(2)3/h5,7-8,13-16,20,28-29H,4,6,9-12,17-19H2,1-3H3,(H,34,39)(H,35,36)/t28-,29-/m0/s1. The highest BCUT2D eigenvalue weighted by atomic mass is 16.5. The molecule has 11 nitrogen and oxygen atoms in total. The number of rotatable bonds is 4. The first-order valence-corrected chi connectivity index (χ1v) is 15.4. The molecular weight excluding hydrogens is 562 g/mol. The zero-order valence-corrected chi connectivity index (χ0v) is 25.4. The number of hydrogen-bond acceptors (Lipinski definition) is 7. The largest absolute Gasteiger partial charge is 0.491 e. The molecule has 0 radical (unpaired) electrons. The highest BCUT2D eigenvalue weighted by molar-refractivity contribution is 5.97. The summed E-state index contributed by atoms with van der Waals surface area (Å²) in [7, 11) is 0. The van der Waals surface area contributed by atoms with Gasteiger partial charge in [-0.25, -0.2) is 0 Å². The summed E-state index contributed by atoms with van der Waals surface area (Å²) in [6, 6.07) is 12.2. The molecular formula is C33H39N5O6. The van der Waals surface area contributed by atoms with Crippen LogP contribution in [-0.2, 0) is 29.0 Å². The van der Waals surface area contributed by atoms with Gasteiger partial charge in [0.25, 0.3) is 11.8 Å². The van der Waals surface area contributed by atoms with E-state index in [1.807, 2.05) is 45.0 Å². The van der Waals surface area contributed by atoms with Crippen molar-refractivity contribution in [2.24, 2.45) is 0 Å². The molecule has 1 aromatic heterocycles. The minimum Gasteiger partial charge on any atom is -0.491 e. The number of amides is 3. The first-order valence-electron chi connectivity index (χ1n) is 15.4. The topological polar surface area (TPSA) is 126 Å². The number of aromatic amines is 1. The van der Waals surface area contributed by atoms with Gasteiger partial charge in [0, 0.05) is 42.5 Å². The van der Waals surface area contributed by atoms with Gasteiger partial charge in [-0.1, -0.05) is 12.1 Å². The van der Waals surface area contributed by atoms with Crippen LogP contribution in [-0.4, -0.2) is 82.1 Å². The number of benzene rings is 2. The Morgan fingerprint density at radius 2 is 2.00 bits per heavy atom. The van der Waals surface area contributed by atoms with Gasteiger partial charge in [-0.3, -0.25) is 19.5 Å². The molecule has 44 heavy (non-hydrogen) atoms. The SMILES string of the molecule is CCN1CC(=O)N[C@H]2CN(C(=O)c3n[nH]c4c3CCC4)CC[C@@H]2OCc2cccc(c2)Oc2cc(OC(C)C)cc(c2)C1=O. The zero-order chi connectivity index (χ0) is 30.8. The van der Waals surface area contributed by atoms with E-state index in [1.165, 1.54) is 4.90 Å². The number of ether oxygens (including phenoxy) is 3. The second-order valence-corrected chi connectivity index (χ2v) is 11.9. The van der Waals surface area contributed by atoms with Gasteiger partial charge >= 0.3 is 0 Å². The Hall–Kier alpha value is -4.38. The monoisotopic (exact) mass is 601 g/mol. The lowest BCUT2D eigenvalue weighted by molar-refractivity contribution is -0.124. The number of nitrogens with one attached hydrogen (secondary N) is 2. The molecule has 3 amide bonds. The van der Waals surface area contributed by atoms with Gasteiger partial charge in [0.15, 0.2) is 5.69 Å². The molecule has 1 saturated heterocycles. The van der Waals surface area contributed by atoms with Crippen LogP contribution in [0, 0.1) is 0 Å². The summed E-state index contributed by atoms with van der Waals surface area (Å²) in [6.45, 7) is 6.88. The lowest BCUT2D eigenvalue weighted by atomic mass is 10.0. The predicted octanol–water partition coefficient (Wildman–Crippen LogP) is 3.87. The summed E-state index contributed by atoms with van der Waals surface area (Å²) in [4.78, 5) is 43.9. The number of nitrogens with zero attached hydrogens (tertiary/aromatic N) is 3. The summed E-state index contributed by atoms with van der Waals surface area (Å²) in [5, 5.41) is 10.4. The third kappa shape index (κ3) is 6.42. The van der Waals surface area contributed by atoms with Crippen LogP contribution in [0.2, 0.25) is 0 Å². The smallest absolute Gasteiger partial charge is 0.274 e. The Bertz CT molecular complexity index is 1550. The lowest BCUT2D eigenvalue weighted by Gasteiger charge is -2.39. The Morgan fingerprint density at radius 1 is 1.14 bits per heavy atom. The fourth-order valence-corrected chi connectivity index (χ4v) is 6.17. The molecule has 4 bridgehead atoms. The van der Waals surface area contributed by atoms with Crippen molar-refractivity contribution in [3.8, 4) is 17.2 Å². The number of carbonyl (C=O) groups is 3. The van der Waals surface area contributed by atoms with Gasteiger partial charge in [0.1, 0.15) is 17.2 Å². The van der Waals surface area contributed by atoms with Crippen LogP contribution < -0.4 is 14.8 Å². The van der Waals surface area contributed by atoms with Gasteiger partial charge in [0.2, 0.25) is 5.91 Å². The number of H-pyrrole nitrogens is 1. The summed E-state index contributed by atoms with van der Waals surface area (Å²) < 4.78 is 18.5. The Balaban J connectivity index is 1.28. The third-order valence-electron chi connectivity index (χ3n) is 8.29. The normalized spacial score (nSPS) is 20.5. The summed E-state index contributed by atoms with van der Waals surface area (Å²) in [5.41, 5.74) is 3.76. The number of aryl methyl sites for hydroxylation is 1. The molecule has 2 atom stereocenters. The van der Waals surface area contributed by atoms with E-state index < -0.39 is 6.04 Å². The van der Waals surface area contributed by atoms with E-state index in [2.05, 4.69) is 15.5 Å². The molecule has 0 spiro atoms.